The van der Waals surface area contributed by atoms with E-state index < -0.39 is 23.7 Å². The summed E-state index contributed by atoms with van der Waals surface area (Å²) in [7, 11) is 0. The van der Waals surface area contributed by atoms with Gasteiger partial charge in [-0.15, -0.1) is 11.8 Å². The third-order valence-corrected chi connectivity index (χ3v) is 3.60. The number of thioether (sulfide) groups is 1. The SMILES string of the molecule is CC(C)CNC(=O)[C@H](C)OC(=O)CSc1cc(F)ccc1F. The van der Waals surface area contributed by atoms with Gasteiger partial charge in [0, 0.05) is 11.4 Å². The molecule has 1 N–H and O–H groups in total. The molecule has 0 spiro atoms. The van der Waals surface area contributed by atoms with Crippen LogP contribution >= 0.6 is 11.8 Å². The molecule has 0 aliphatic rings. The van der Waals surface area contributed by atoms with Crippen molar-refractivity contribution in [2.45, 2.75) is 31.8 Å². The summed E-state index contributed by atoms with van der Waals surface area (Å²) in [5, 5.41) is 2.65. The zero-order chi connectivity index (χ0) is 16.7. The lowest BCUT2D eigenvalue weighted by Crippen LogP contribution is -2.37. The molecule has 1 aromatic carbocycles. The minimum Gasteiger partial charge on any atom is -0.452 e. The summed E-state index contributed by atoms with van der Waals surface area (Å²) in [5.74, 6) is -2.16. The molecule has 0 radical (unpaired) electrons. The van der Waals surface area contributed by atoms with Gasteiger partial charge >= 0.3 is 5.97 Å². The van der Waals surface area contributed by atoms with Crippen LogP contribution in [0.1, 0.15) is 20.8 Å². The van der Waals surface area contributed by atoms with Gasteiger partial charge in [-0.25, -0.2) is 8.78 Å². The smallest absolute Gasteiger partial charge is 0.317 e. The minimum absolute atomic E-state index is 0.0221. The van der Waals surface area contributed by atoms with Gasteiger partial charge < -0.3 is 10.1 Å². The van der Waals surface area contributed by atoms with Gasteiger partial charge in [-0.1, -0.05) is 13.8 Å². The third kappa shape index (κ3) is 6.43. The van der Waals surface area contributed by atoms with Crippen LogP contribution in [-0.4, -0.2) is 30.3 Å². The van der Waals surface area contributed by atoms with E-state index in [4.69, 9.17) is 4.74 Å². The van der Waals surface area contributed by atoms with Gasteiger partial charge in [0.05, 0.1) is 5.75 Å². The van der Waals surface area contributed by atoms with E-state index in [1.165, 1.54) is 6.92 Å². The van der Waals surface area contributed by atoms with Crippen molar-refractivity contribution in [1.82, 2.24) is 5.32 Å². The highest BCUT2D eigenvalue weighted by Gasteiger charge is 2.18. The van der Waals surface area contributed by atoms with Crippen molar-refractivity contribution in [3.05, 3.63) is 29.8 Å². The molecule has 0 unspecified atom stereocenters. The molecule has 0 bridgehead atoms. The predicted molar refractivity (Wildman–Crippen MR) is 80.5 cm³/mol. The number of rotatable bonds is 7. The maximum absolute atomic E-state index is 13.4. The van der Waals surface area contributed by atoms with E-state index in [1.54, 1.807) is 0 Å². The molecule has 7 heteroatoms. The van der Waals surface area contributed by atoms with Gasteiger partial charge in [-0.05, 0) is 31.0 Å². The molecule has 4 nitrogen and oxygen atoms in total. The molecule has 1 atom stereocenters. The second-order valence-electron chi connectivity index (χ2n) is 5.13. The van der Waals surface area contributed by atoms with Crippen molar-refractivity contribution >= 4 is 23.6 Å². The second-order valence-corrected chi connectivity index (χ2v) is 6.15. The normalized spacial score (nSPS) is 12.1. The van der Waals surface area contributed by atoms with Gasteiger partial charge in [-0.3, -0.25) is 9.59 Å². The second kappa shape index (κ2) is 8.73. The highest BCUT2D eigenvalue weighted by molar-refractivity contribution is 8.00. The van der Waals surface area contributed by atoms with Crippen LogP contribution in [0.2, 0.25) is 0 Å². The van der Waals surface area contributed by atoms with Gasteiger partial charge in [0.2, 0.25) is 0 Å². The fraction of sp³-hybridized carbons (Fsp3) is 0.467. The number of hydrogen-bond donors (Lipinski definition) is 1. The first-order chi connectivity index (χ1) is 10.3. The average Bonchev–Trinajstić information content (AvgIpc) is 2.45. The Labute approximate surface area is 132 Å². The fourth-order valence-electron chi connectivity index (χ4n) is 1.46. The lowest BCUT2D eigenvalue weighted by atomic mass is 10.2. The molecule has 22 heavy (non-hydrogen) atoms. The molecule has 122 valence electrons. The average molecular weight is 331 g/mol. The Morgan fingerprint density at radius 1 is 1.27 bits per heavy atom. The Hall–Kier alpha value is -1.63. The number of carbonyl (C=O) groups is 2. The number of carbonyl (C=O) groups excluding carboxylic acids is 2. The topological polar surface area (TPSA) is 55.4 Å². The Balaban J connectivity index is 2.42. The summed E-state index contributed by atoms with van der Waals surface area (Å²) < 4.78 is 31.3. The van der Waals surface area contributed by atoms with E-state index in [9.17, 15) is 18.4 Å². The highest BCUT2D eigenvalue weighted by Crippen LogP contribution is 2.22. The number of hydrogen-bond acceptors (Lipinski definition) is 4. The fourth-order valence-corrected chi connectivity index (χ4v) is 2.20. The molecule has 0 aliphatic carbocycles. The molecule has 0 aromatic heterocycles. The van der Waals surface area contributed by atoms with Crippen LogP contribution in [-0.2, 0) is 14.3 Å². The molecule has 0 saturated heterocycles. The Morgan fingerprint density at radius 3 is 2.59 bits per heavy atom. The summed E-state index contributed by atoms with van der Waals surface area (Å²) in [6.07, 6.45) is -0.927. The van der Waals surface area contributed by atoms with Crippen molar-refractivity contribution in [3.8, 4) is 0 Å². The lowest BCUT2D eigenvalue weighted by Gasteiger charge is -2.14. The van der Waals surface area contributed by atoms with Gasteiger partial charge in [0.15, 0.2) is 6.10 Å². The van der Waals surface area contributed by atoms with E-state index in [0.717, 1.165) is 30.0 Å². The van der Waals surface area contributed by atoms with Crippen LogP contribution in [0.15, 0.2) is 23.1 Å². The van der Waals surface area contributed by atoms with Gasteiger partial charge in [-0.2, -0.15) is 0 Å². The molecule has 1 aromatic rings. The summed E-state index contributed by atoms with van der Waals surface area (Å²) in [4.78, 5) is 23.3. The van der Waals surface area contributed by atoms with Crippen LogP contribution < -0.4 is 5.32 Å². The Kier molecular flexibility index (Phi) is 7.31. The van der Waals surface area contributed by atoms with Crippen molar-refractivity contribution in [1.29, 1.82) is 0 Å². The number of nitrogens with one attached hydrogen (secondary N) is 1. The van der Waals surface area contributed by atoms with Crippen molar-refractivity contribution < 1.29 is 23.1 Å². The molecule has 0 saturated carbocycles. The first kappa shape index (κ1) is 18.4. The zero-order valence-electron chi connectivity index (χ0n) is 12.7. The number of halogens is 2. The molecular weight excluding hydrogens is 312 g/mol. The van der Waals surface area contributed by atoms with E-state index >= 15 is 0 Å². The number of amides is 1. The summed E-state index contributed by atoms with van der Waals surface area (Å²) in [6.45, 7) is 5.84. The molecule has 0 aliphatic heterocycles. The van der Waals surface area contributed by atoms with E-state index in [1.807, 2.05) is 13.8 Å². The monoisotopic (exact) mass is 331 g/mol. The molecule has 0 fully saturated rings. The van der Waals surface area contributed by atoms with Crippen LogP contribution in [0.5, 0.6) is 0 Å². The predicted octanol–water partition coefficient (Wildman–Crippen LogP) is 2.76. The van der Waals surface area contributed by atoms with Gasteiger partial charge in [0.1, 0.15) is 11.6 Å². The summed E-state index contributed by atoms with van der Waals surface area (Å²) in [5.41, 5.74) is 0. The zero-order valence-corrected chi connectivity index (χ0v) is 13.5. The Morgan fingerprint density at radius 2 is 1.95 bits per heavy atom. The van der Waals surface area contributed by atoms with Gasteiger partial charge in [0.25, 0.3) is 5.91 Å². The molecular formula is C15H19F2NO3S. The van der Waals surface area contributed by atoms with Crippen molar-refractivity contribution in [2.24, 2.45) is 5.92 Å². The number of esters is 1. The Bertz CT molecular complexity index is 538. The van der Waals surface area contributed by atoms with Crippen LogP contribution in [0, 0.1) is 17.6 Å². The van der Waals surface area contributed by atoms with Crippen molar-refractivity contribution in [2.75, 3.05) is 12.3 Å². The van der Waals surface area contributed by atoms with Crippen molar-refractivity contribution in [3.63, 3.8) is 0 Å². The van der Waals surface area contributed by atoms with Crippen LogP contribution in [0.3, 0.4) is 0 Å². The van der Waals surface area contributed by atoms with E-state index in [2.05, 4.69) is 5.32 Å². The quantitative estimate of drug-likeness (QED) is 0.617. The first-order valence-electron chi connectivity index (χ1n) is 6.84. The van der Waals surface area contributed by atoms with E-state index in [-0.39, 0.29) is 16.6 Å². The molecule has 1 rings (SSSR count). The number of benzene rings is 1. The highest BCUT2D eigenvalue weighted by atomic mass is 32.2. The molecule has 1 amide bonds. The largest absolute Gasteiger partial charge is 0.452 e. The minimum atomic E-state index is -0.927. The molecule has 0 heterocycles. The summed E-state index contributed by atoms with van der Waals surface area (Å²) in [6, 6.07) is 3.00. The lowest BCUT2D eigenvalue weighted by molar-refractivity contribution is -0.152. The maximum Gasteiger partial charge on any atom is 0.317 e. The third-order valence-electron chi connectivity index (χ3n) is 2.60. The standard InChI is InChI=1S/C15H19F2NO3S/c1-9(2)7-18-15(20)10(3)21-14(19)8-22-13-6-11(16)4-5-12(13)17/h4-6,9-10H,7-8H2,1-3H3,(H,18,20)/t10-/m0/s1. The number of ether oxygens (including phenoxy) is 1. The van der Waals surface area contributed by atoms with Crippen LogP contribution in [0.25, 0.3) is 0 Å². The van der Waals surface area contributed by atoms with E-state index in [0.29, 0.717) is 12.5 Å². The maximum atomic E-state index is 13.4. The first-order valence-corrected chi connectivity index (χ1v) is 7.83. The van der Waals surface area contributed by atoms with Crippen LogP contribution in [0.4, 0.5) is 8.78 Å². The summed E-state index contributed by atoms with van der Waals surface area (Å²) >= 11 is 0.820.